The normalized spacial score (nSPS) is 11.5. The molecule has 3 rings (SSSR count). The summed E-state index contributed by atoms with van der Waals surface area (Å²) in [5.41, 5.74) is 2.01. The molecule has 0 aliphatic heterocycles. The third-order valence-corrected chi connectivity index (χ3v) is 5.92. The molecule has 0 spiro atoms. The van der Waals surface area contributed by atoms with Gasteiger partial charge in [-0.25, -0.2) is 17.8 Å². The number of nitrogens with zero attached hydrogens (tertiary/aromatic N) is 1. The van der Waals surface area contributed by atoms with Crippen LogP contribution in [0.2, 0.25) is 0 Å². The summed E-state index contributed by atoms with van der Waals surface area (Å²) in [5, 5.41) is 0.349. The molecule has 0 atom stereocenters. The molecule has 0 fully saturated rings. The molecule has 0 saturated carbocycles. The number of benzene rings is 2. The van der Waals surface area contributed by atoms with Gasteiger partial charge in [0.15, 0.2) is 20.6 Å². The van der Waals surface area contributed by atoms with E-state index < -0.39 is 9.84 Å². The van der Waals surface area contributed by atoms with Crippen molar-refractivity contribution in [1.82, 2.24) is 4.98 Å². The fourth-order valence-corrected chi connectivity index (χ4v) is 3.94. The van der Waals surface area contributed by atoms with Crippen LogP contribution in [0.3, 0.4) is 0 Å². The Morgan fingerprint density at radius 2 is 1.56 bits per heavy atom. The molecule has 7 heteroatoms. The fraction of sp³-hybridized carbons (Fsp3) is 0.111. The van der Waals surface area contributed by atoms with Gasteiger partial charge < -0.3 is 0 Å². The third kappa shape index (κ3) is 3.67. The molecule has 0 unspecified atom stereocenters. The SMILES string of the molecule is CC(=O)c1nc(-c2ccc(S(C)(=O)=O)cc2)c(-c2ccc(F)cc2)s1. The van der Waals surface area contributed by atoms with E-state index in [9.17, 15) is 17.6 Å². The molecule has 1 aromatic heterocycles. The summed E-state index contributed by atoms with van der Waals surface area (Å²) < 4.78 is 36.4. The molecule has 0 radical (unpaired) electrons. The average Bonchev–Trinajstić information content (AvgIpc) is 3.00. The van der Waals surface area contributed by atoms with E-state index in [-0.39, 0.29) is 16.5 Å². The van der Waals surface area contributed by atoms with Crippen molar-refractivity contribution < 1.29 is 17.6 Å². The van der Waals surface area contributed by atoms with Gasteiger partial charge in [-0.05, 0) is 29.8 Å². The van der Waals surface area contributed by atoms with Crippen molar-refractivity contribution in [3.8, 4) is 21.7 Å². The predicted octanol–water partition coefficient (Wildman–Crippen LogP) is 4.22. The summed E-state index contributed by atoms with van der Waals surface area (Å²) in [5.74, 6) is -0.508. The van der Waals surface area contributed by atoms with Gasteiger partial charge in [-0.15, -0.1) is 11.3 Å². The summed E-state index contributed by atoms with van der Waals surface area (Å²) in [6.45, 7) is 1.43. The lowest BCUT2D eigenvalue weighted by atomic mass is 10.1. The van der Waals surface area contributed by atoms with Crippen molar-refractivity contribution in [2.45, 2.75) is 11.8 Å². The second-order valence-electron chi connectivity index (χ2n) is 5.56. The van der Waals surface area contributed by atoms with Gasteiger partial charge in [0.2, 0.25) is 0 Å². The van der Waals surface area contributed by atoms with Gasteiger partial charge in [-0.1, -0.05) is 24.3 Å². The third-order valence-electron chi connectivity index (χ3n) is 3.59. The van der Waals surface area contributed by atoms with Gasteiger partial charge >= 0.3 is 0 Å². The zero-order chi connectivity index (χ0) is 18.2. The molecule has 2 aromatic carbocycles. The number of hydrogen-bond acceptors (Lipinski definition) is 5. The van der Waals surface area contributed by atoms with Crippen LogP contribution in [-0.4, -0.2) is 25.4 Å². The standard InChI is InChI=1S/C18H14FNO3S2/c1-11(21)18-20-16(12-5-9-15(10-6-12)25(2,22)23)17(24-18)13-3-7-14(19)8-4-13/h3-10H,1-2H3. The Labute approximate surface area is 148 Å². The van der Waals surface area contributed by atoms with Crippen molar-refractivity contribution in [2.24, 2.45) is 0 Å². The van der Waals surface area contributed by atoms with E-state index in [0.29, 0.717) is 16.3 Å². The van der Waals surface area contributed by atoms with Crippen molar-refractivity contribution in [1.29, 1.82) is 0 Å². The number of carbonyl (C=O) groups excluding carboxylic acids is 1. The number of rotatable bonds is 4. The van der Waals surface area contributed by atoms with Crippen LogP contribution < -0.4 is 0 Å². The summed E-state index contributed by atoms with van der Waals surface area (Å²) in [7, 11) is -3.29. The monoisotopic (exact) mass is 375 g/mol. The highest BCUT2D eigenvalue weighted by atomic mass is 32.2. The molecule has 1 heterocycles. The molecule has 3 aromatic rings. The van der Waals surface area contributed by atoms with Gasteiger partial charge in [0.05, 0.1) is 15.5 Å². The molecule has 0 aliphatic carbocycles. The quantitative estimate of drug-likeness (QED) is 0.641. The Kier molecular flexibility index (Phi) is 4.53. The molecular formula is C18H14FNO3S2. The average molecular weight is 375 g/mol. The van der Waals surface area contributed by atoms with Crippen molar-refractivity contribution in [3.63, 3.8) is 0 Å². The van der Waals surface area contributed by atoms with Crippen LogP contribution in [0.25, 0.3) is 21.7 Å². The molecular weight excluding hydrogens is 361 g/mol. The fourth-order valence-electron chi connectivity index (χ4n) is 2.32. The second-order valence-corrected chi connectivity index (χ2v) is 8.57. The maximum Gasteiger partial charge on any atom is 0.188 e. The maximum atomic E-state index is 13.2. The minimum Gasteiger partial charge on any atom is -0.292 e. The number of aromatic nitrogens is 1. The predicted molar refractivity (Wildman–Crippen MR) is 96.1 cm³/mol. The van der Waals surface area contributed by atoms with Gasteiger partial charge in [0, 0.05) is 18.7 Å². The first-order valence-electron chi connectivity index (χ1n) is 7.34. The number of hydrogen-bond donors (Lipinski definition) is 0. The first kappa shape index (κ1) is 17.4. The van der Waals surface area contributed by atoms with E-state index >= 15 is 0 Å². The van der Waals surface area contributed by atoms with Gasteiger partial charge in [0.25, 0.3) is 0 Å². The Balaban J connectivity index is 2.14. The van der Waals surface area contributed by atoms with Crippen LogP contribution in [0.1, 0.15) is 16.7 Å². The van der Waals surface area contributed by atoms with E-state index in [1.165, 1.54) is 42.5 Å². The van der Waals surface area contributed by atoms with Crippen molar-refractivity contribution in [3.05, 3.63) is 59.4 Å². The van der Waals surface area contributed by atoms with Crippen LogP contribution >= 0.6 is 11.3 Å². The van der Waals surface area contributed by atoms with E-state index in [2.05, 4.69) is 4.98 Å². The van der Waals surface area contributed by atoms with Crippen molar-refractivity contribution in [2.75, 3.05) is 6.26 Å². The smallest absolute Gasteiger partial charge is 0.188 e. The largest absolute Gasteiger partial charge is 0.292 e. The van der Waals surface area contributed by atoms with E-state index in [1.807, 2.05) is 0 Å². The highest BCUT2D eigenvalue weighted by Gasteiger charge is 2.18. The topological polar surface area (TPSA) is 64.1 Å². The van der Waals surface area contributed by atoms with Gasteiger partial charge in [-0.2, -0.15) is 0 Å². The molecule has 25 heavy (non-hydrogen) atoms. The number of halogens is 1. The first-order valence-corrected chi connectivity index (χ1v) is 10.0. The molecule has 0 N–H and O–H groups in total. The second kappa shape index (κ2) is 6.50. The number of sulfone groups is 1. The molecule has 128 valence electrons. The van der Waals surface area contributed by atoms with E-state index in [1.54, 1.807) is 24.3 Å². The zero-order valence-corrected chi connectivity index (χ0v) is 15.1. The van der Waals surface area contributed by atoms with E-state index in [0.717, 1.165) is 16.7 Å². The molecule has 0 aliphatic rings. The van der Waals surface area contributed by atoms with Crippen molar-refractivity contribution >= 4 is 27.0 Å². The molecule has 0 saturated heterocycles. The van der Waals surface area contributed by atoms with Crippen LogP contribution in [0.5, 0.6) is 0 Å². The number of ketones is 1. The summed E-state index contributed by atoms with van der Waals surface area (Å²) in [4.78, 5) is 17.1. The minimum absolute atomic E-state index is 0.160. The lowest BCUT2D eigenvalue weighted by Crippen LogP contribution is -1.96. The Morgan fingerprint density at radius 3 is 2.08 bits per heavy atom. The highest BCUT2D eigenvalue weighted by molar-refractivity contribution is 7.90. The summed E-state index contributed by atoms with van der Waals surface area (Å²) in [6, 6.07) is 12.3. The Morgan fingerprint density at radius 1 is 1.00 bits per heavy atom. The zero-order valence-electron chi connectivity index (χ0n) is 13.5. The number of carbonyl (C=O) groups is 1. The lowest BCUT2D eigenvalue weighted by molar-refractivity contribution is 0.101. The lowest BCUT2D eigenvalue weighted by Gasteiger charge is -2.04. The maximum absolute atomic E-state index is 13.2. The van der Waals surface area contributed by atoms with Crippen LogP contribution in [0.4, 0.5) is 4.39 Å². The summed E-state index contributed by atoms with van der Waals surface area (Å²) in [6.07, 6.45) is 1.14. The highest BCUT2D eigenvalue weighted by Crippen LogP contribution is 2.37. The summed E-state index contributed by atoms with van der Waals surface area (Å²) >= 11 is 1.23. The van der Waals surface area contributed by atoms with E-state index in [4.69, 9.17) is 0 Å². The van der Waals surface area contributed by atoms with Crippen LogP contribution in [0, 0.1) is 5.82 Å². The molecule has 0 bridgehead atoms. The van der Waals surface area contributed by atoms with Gasteiger partial charge in [0.1, 0.15) is 5.82 Å². The number of Topliss-reactive ketones (excluding diaryl/α,β-unsaturated/α-hetero) is 1. The molecule has 4 nitrogen and oxygen atoms in total. The van der Waals surface area contributed by atoms with Gasteiger partial charge in [-0.3, -0.25) is 4.79 Å². The number of thiazole rings is 1. The van der Waals surface area contributed by atoms with Crippen LogP contribution in [-0.2, 0) is 9.84 Å². The first-order chi connectivity index (χ1) is 11.8. The molecule has 0 amide bonds. The minimum atomic E-state index is -3.29. The Bertz CT molecular complexity index is 1040. The van der Waals surface area contributed by atoms with Crippen LogP contribution in [0.15, 0.2) is 53.4 Å². The Hall–Kier alpha value is -2.38.